The van der Waals surface area contributed by atoms with E-state index in [1.165, 1.54) is 32.1 Å². The third-order valence-electron chi connectivity index (χ3n) is 3.47. The van der Waals surface area contributed by atoms with Crippen LogP contribution in [-0.2, 0) is 6.42 Å². The van der Waals surface area contributed by atoms with E-state index in [1.807, 2.05) is 11.8 Å². The minimum absolute atomic E-state index is 0.256. The van der Waals surface area contributed by atoms with Gasteiger partial charge in [0.15, 0.2) is 0 Å². The van der Waals surface area contributed by atoms with Crippen LogP contribution in [0.4, 0.5) is 0 Å². The van der Waals surface area contributed by atoms with Crippen molar-refractivity contribution >= 4 is 11.8 Å². The molecule has 1 aliphatic rings. The van der Waals surface area contributed by atoms with Crippen molar-refractivity contribution in [3.05, 3.63) is 18.0 Å². The largest absolute Gasteiger partial charge is 0.392 e. The molecule has 1 atom stereocenters. The third kappa shape index (κ3) is 4.02. The normalized spacial score (nSPS) is 18.3. The lowest BCUT2D eigenvalue weighted by molar-refractivity contribution is 0.198. The second-order valence-electron chi connectivity index (χ2n) is 5.16. The molecule has 18 heavy (non-hydrogen) atoms. The van der Waals surface area contributed by atoms with Crippen LogP contribution in [0, 0.1) is 0 Å². The molecule has 0 amide bonds. The number of aromatic nitrogens is 2. The molecule has 1 heterocycles. The topological polar surface area (TPSA) is 38.0 Å². The standard InChI is InChI=1S/C14H24N2OS/c1-2-9-18-11-14(17)10-12-7-8-16(15-12)13-5-3-4-6-13/h7-8,13-14,17H,2-6,9-11H2,1H3. The maximum absolute atomic E-state index is 9.93. The quantitative estimate of drug-likeness (QED) is 0.772. The Hall–Kier alpha value is -0.480. The van der Waals surface area contributed by atoms with Gasteiger partial charge in [-0.05, 0) is 31.1 Å². The highest BCUT2D eigenvalue weighted by Crippen LogP contribution is 2.28. The smallest absolute Gasteiger partial charge is 0.0686 e. The Morgan fingerprint density at radius 1 is 1.50 bits per heavy atom. The van der Waals surface area contributed by atoms with Gasteiger partial charge in [0, 0.05) is 18.4 Å². The molecule has 1 fully saturated rings. The number of rotatable bonds is 7. The molecule has 0 spiro atoms. The molecule has 0 saturated heterocycles. The molecule has 0 bridgehead atoms. The Bertz CT molecular complexity index is 347. The van der Waals surface area contributed by atoms with Gasteiger partial charge in [-0.3, -0.25) is 4.68 Å². The van der Waals surface area contributed by atoms with Crippen molar-refractivity contribution < 1.29 is 5.11 Å². The van der Waals surface area contributed by atoms with E-state index >= 15 is 0 Å². The van der Waals surface area contributed by atoms with Crippen LogP contribution in [0.2, 0.25) is 0 Å². The van der Waals surface area contributed by atoms with Crippen LogP contribution >= 0.6 is 11.8 Å². The third-order valence-corrected chi connectivity index (χ3v) is 4.78. The van der Waals surface area contributed by atoms with Crippen molar-refractivity contribution in [2.45, 2.75) is 57.6 Å². The molecule has 1 aliphatic carbocycles. The molecule has 1 aromatic rings. The first-order chi connectivity index (χ1) is 8.79. The van der Waals surface area contributed by atoms with Crippen LogP contribution in [0.3, 0.4) is 0 Å². The van der Waals surface area contributed by atoms with E-state index in [0.717, 1.165) is 17.2 Å². The summed E-state index contributed by atoms with van der Waals surface area (Å²) in [6, 6.07) is 2.66. The van der Waals surface area contributed by atoms with Crippen LogP contribution in [-0.4, -0.2) is 32.5 Å². The number of nitrogens with zero attached hydrogens (tertiary/aromatic N) is 2. The summed E-state index contributed by atoms with van der Waals surface area (Å²) >= 11 is 1.83. The van der Waals surface area contributed by atoms with Gasteiger partial charge in [-0.15, -0.1) is 0 Å². The lowest BCUT2D eigenvalue weighted by Gasteiger charge is -2.10. The average Bonchev–Trinajstić information content (AvgIpc) is 2.98. The lowest BCUT2D eigenvalue weighted by Crippen LogP contribution is -2.15. The lowest BCUT2D eigenvalue weighted by atomic mass is 10.2. The Morgan fingerprint density at radius 3 is 3.00 bits per heavy atom. The monoisotopic (exact) mass is 268 g/mol. The molecule has 3 nitrogen and oxygen atoms in total. The fraction of sp³-hybridized carbons (Fsp3) is 0.786. The predicted molar refractivity (Wildman–Crippen MR) is 77.1 cm³/mol. The predicted octanol–water partition coefficient (Wildman–Crippen LogP) is 3.04. The number of thioether (sulfide) groups is 1. The summed E-state index contributed by atoms with van der Waals surface area (Å²) in [6.07, 6.45) is 8.87. The average molecular weight is 268 g/mol. The van der Waals surface area contributed by atoms with Crippen molar-refractivity contribution in [3.8, 4) is 0 Å². The van der Waals surface area contributed by atoms with Crippen molar-refractivity contribution in [2.75, 3.05) is 11.5 Å². The van der Waals surface area contributed by atoms with Crippen LogP contribution in [0.15, 0.2) is 12.3 Å². The zero-order valence-corrected chi connectivity index (χ0v) is 12.0. The molecule has 1 saturated carbocycles. The summed E-state index contributed by atoms with van der Waals surface area (Å²) in [5, 5.41) is 14.5. The van der Waals surface area contributed by atoms with Crippen LogP contribution in [0.25, 0.3) is 0 Å². The fourth-order valence-corrected chi connectivity index (χ4v) is 3.37. The van der Waals surface area contributed by atoms with Crippen molar-refractivity contribution in [3.63, 3.8) is 0 Å². The van der Waals surface area contributed by atoms with E-state index in [-0.39, 0.29) is 6.10 Å². The zero-order valence-electron chi connectivity index (χ0n) is 11.2. The molecule has 102 valence electrons. The highest BCUT2D eigenvalue weighted by atomic mass is 32.2. The van der Waals surface area contributed by atoms with E-state index < -0.39 is 0 Å². The van der Waals surface area contributed by atoms with Crippen LogP contribution < -0.4 is 0 Å². The van der Waals surface area contributed by atoms with Gasteiger partial charge < -0.3 is 5.11 Å². The Balaban J connectivity index is 1.78. The van der Waals surface area contributed by atoms with Gasteiger partial charge in [-0.1, -0.05) is 19.8 Å². The molecule has 1 aromatic heterocycles. The summed E-state index contributed by atoms with van der Waals surface area (Å²) < 4.78 is 2.11. The molecule has 0 aliphatic heterocycles. The second kappa shape index (κ2) is 7.19. The SMILES string of the molecule is CCCSCC(O)Cc1ccn(C2CCCC2)n1. The van der Waals surface area contributed by atoms with E-state index in [1.54, 1.807) is 0 Å². The van der Waals surface area contributed by atoms with Gasteiger partial charge in [0.05, 0.1) is 17.8 Å². The number of aliphatic hydroxyl groups is 1. The Kier molecular flexibility index (Phi) is 5.57. The van der Waals surface area contributed by atoms with Gasteiger partial charge in [0.1, 0.15) is 0 Å². The first-order valence-electron chi connectivity index (χ1n) is 7.09. The fourth-order valence-electron chi connectivity index (χ4n) is 2.52. The molecular weight excluding hydrogens is 244 g/mol. The summed E-state index contributed by atoms with van der Waals surface area (Å²) in [6.45, 7) is 2.17. The number of hydrogen-bond donors (Lipinski definition) is 1. The van der Waals surface area contributed by atoms with Crippen molar-refractivity contribution in [2.24, 2.45) is 0 Å². The molecular formula is C14H24N2OS. The van der Waals surface area contributed by atoms with E-state index in [0.29, 0.717) is 12.5 Å². The van der Waals surface area contributed by atoms with Gasteiger partial charge >= 0.3 is 0 Å². The van der Waals surface area contributed by atoms with Crippen LogP contribution in [0.1, 0.15) is 50.8 Å². The first-order valence-corrected chi connectivity index (χ1v) is 8.25. The summed E-state index contributed by atoms with van der Waals surface area (Å²) in [5.41, 5.74) is 1.03. The van der Waals surface area contributed by atoms with E-state index in [4.69, 9.17) is 0 Å². The maximum atomic E-state index is 9.93. The molecule has 1 unspecified atom stereocenters. The zero-order chi connectivity index (χ0) is 12.8. The Morgan fingerprint density at radius 2 is 2.28 bits per heavy atom. The minimum atomic E-state index is -0.256. The first kappa shape index (κ1) is 13.9. The van der Waals surface area contributed by atoms with Crippen molar-refractivity contribution in [1.82, 2.24) is 9.78 Å². The highest BCUT2D eigenvalue weighted by Gasteiger charge is 2.18. The molecule has 1 N–H and O–H groups in total. The van der Waals surface area contributed by atoms with Gasteiger partial charge in [0.2, 0.25) is 0 Å². The molecule has 0 radical (unpaired) electrons. The minimum Gasteiger partial charge on any atom is -0.392 e. The highest BCUT2D eigenvalue weighted by molar-refractivity contribution is 7.99. The number of hydrogen-bond acceptors (Lipinski definition) is 3. The maximum Gasteiger partial charge on any atom is 0.0686 e. The molecule has 4 heteroatoms. The van der Waals surface area contributed by atoms with Gasteiger partial charge in [-0.25, -0.2) is 0 Å². The Labute approximate surface area is 114 Å². The van der Waals surface area contributed by atoms with E-state index in [9.17, 15) is 5.11 Å². The molecule has 0 aromatic carbocycles. The van der Waals surface area contributed by atoms with Crippen LogP contribution in [0.5, 0.6) is 0 Å². The number of aliphatic hydroxyl groups excluding tert-OH is 1. The summed E-state index contributed by atoms with van der Waals surface area (Å²) in [4.78, 5) is 0. The summed E-state index contributed by atoms with van der Waals surface area (Å²) in [7, 11) is 0. The van der Waals surface area contributed by atoms with Gasteiger partial charge in [-0.2, -0.15) is 16.9 Å². The van der Waals surface area contributed by atoms with Crippen molar-refractivity contribution in [1.29, 1.82) is 0 Å². The molecule has 2 rings (SSSR count). The van der Waals surface area contributed by atoms with E-state index in [2.05, 4.69) is 29.0 Å². The van der Waals surface area contributed by atoms with Gasteiger partial charge in [0.25, 0.3) is 0 Å². The summed E-state index contributed by atoms with van der Waals surface area (Å²) in [5.74, 6) is 1.96. The second-order valence-corrected chi connectivity index (χ2v) is 6.31.